The Kier molecular flexibility index (Phi) is 4.36. The Morgan fingerprint density at radius 2 is 1.90 bits per heavy atom. The van der Waals surface area contributed by atoms with E-state index < -0.39 is 17.6 Å². The fraction of sp³-hybridized carbons (Fsp3) is 0.154. The van der Waals surface area contributed by atoms with Crippen molar-refractivity contribution in [2.45, 2.75) is 6.18 Å². The number of ether oxygens (including phenoxy) is 1. The first-order valence-electron chi connectivity index (χ1n) is 5.69. The van der Waals surface area contributed by atoms with Crippen molar-refractivity contribution in [2.75, 3.05) is 12.4 Å². The molecule has 2 aromatic rings. The van der Waals surface area contributed by atoms with Gasteiger partial charge < -0.3 is 10.1 Å². The van der Waals surface area contributed by atoms with Gasteiger partial charge in [-0.25, -0.2) is 4.39 Å². The van der Waals surface area contributed by atoms with Crippen LogP contribution in [0.4, 0.5) is 23.4 Å². The first-order valence-corrected chi connectivity index (χ1v) is 6.49. The molecule has 0 aliphatic carbocycles. The maximum absolute atomic E-state index is 13.2. The molecule has 3 nitrogen and oxygen atoms in total. The third-order valence-corrected chi connectivity index (χ3v) is 3.15. The number of pyridine rings is 1. The van der Waals surface area contributed by atoms with E-state index in [4.69, 9.17) is 4.74 Å². The van der Waals surface area contributed by atoms with E-state index in [2.05, 4.69) is 26.2 Å². The number of rotatable bonds is 3. The highest BCUT2D eigenvalue weighted by molar-refractivity contribution is 9.10. The monoisotopic (exact) mass is 364 g/mol. The summed E-state index contributed by atoms with van der Waals surface area (Å²) in [5.74, 6) is -0.842. The van der Waals surface area contributed by atoms with Gasteiger partial charge in [0.05, 0.1) is 10.0 Å². The molecule has 0 atom stereocenters. The van der Waals surface area contributed by atoms with Crippen LogP contribution >= 0.6 is 15.9 Å². The number of alkyl halides is 3. The smallest absolute Gasteiger partial charge is 0.416 e. The summed E-state index contributed by atoms with van der Waals surface area (Å²) in [6.45, 7) is 0. The quantitative estimate of drug-likeness (QED) is 0.791. The lowest BCUT2D eigenvalue weighted by molar-refractivity contribution is -0.137. The van der Waals surface area contributed by atoms with Crippen molar-refractivity contribution in [3.05, 3.63) is 46.2 Å². The summed E-state index contributed by atoms with van der Waals surface area (Å²) < 4.78 is 57.1. The molecule has 1 aromatic heterocycles. The normalized spacial score (nSPS) is 11.3. The largest absolute Gasteiger partial charge is 0.438 e. The standard InChI is InChI=1S/C13H9BrF4N2O/c1-19-11-4-7(13(16,17)18)5-12(20-11)21-10-6-8(15)2-3-9(10)14/h2-6H,1H3,(H,19,20). The second-order valence-corrected chi connectivity index (χ2v) is 4.86. The van der Waals surface area contributed by atoms with E-state index >= 15 is 0 Å². The van der Waals surface area contributed by atoms with E-state index in [9.17, 15) is 17.6 Å². The predicted octanol–water partition coefficient (Wildman–Crippen LogP) is 4.84. The third-order valence-electron chi connectivity index (χ3n) is 2.49. The molecule has 1 heterocycles. The molecule has 0 fully saturated rings. The molecule has 0 spiro atoms. The number of halogens is 5. The summed E-state index contributed by atoms with van der Waals surface area (Å²) in [5, 5.41) is 2.51. The average Bonchev–Trinajstić information content (AvgIpc) is 2.41. The Hall–Kier alpha value is -1.83. The minimum Gasteiger partial charge on any atom is -0.438 e. The average molecular weight is 365 g/mol. The fourth-order valence-corrected chi connectivity index (χ4v) is 1.84. The molecule has 2 rings (SSSR count). The lowest BCUT2D eigenvalue weighted by atomic mass is 10.2. The van der Waals surface area contributed by atoms with Crippen molar-refractivity contribution < 1.29 is 22.3 Å². The molecular weight excluding hydrogens is 356 g/mol. The van der Waals surface area contributed by atoms with E-state index in [1.165, 1.54) is 19.2 Å². The summed E-state index contributed by atoms with van der Waals surface area (Å²) in [7, 11) is 1.43. The van der Waals surface area contributed by atoms with E-state index in [0.29, 0.717) is 4.47 Å². The highest BCUT2D eigenvalue weighted by Crippen LogP contribution is 2.35. The summed E-state index contributed by atoms with van der Waals surface area (Å²) in [6, 6.07) is 5.23. The fourth-order valence-electron chi connectivity index (χ4n) is 1.52. The van der Waals surface area contributed by atoms with E-state index in [-0.39, 0.29) is 17.4 Å². The van der Waals surface area contributed by atoms with Gasteiger partial charge in [0.25, 0.3) is 0 Å². The van der Waals surface area contributed by atoms with Crippen LogP contribution in [0.25, 0.3) is 0 Å². The number of nitrogens with one attached hydrogen (secondary N) is 1. The summed E-state index contributed by atoms with van der Waals surface area (Å²) >= 11 is 3.12. The number of nitrogens with zero attached hydrogens (tertiary/aromatic N) is 1. The van der Waals surface area contributed by atoms with Gasteiger partial charge in [0.15, 0.2) is 0 Å². The van der Waals surface area contributed by atoms with Crippen LogP contribution in [0, 0.1) is 5.82 Å². The van der Waals surface area contributed by atoms with Gasteiger partial charge in [-0.15, -0.1) is 0 Å². The Balaban J connectivity index is 2.42. The molecule has 0 aliphatic rings. The highest BCUT2D eigenvalue weighted by Gasteiger charge is 2.32. The van der Waals surface area contributed by atoms with Gasteiger partial charge in [0.1, 0.15) is 17.4 Å². The van der Waals surface area contributed by atoms with Gasteiger partial charge >= 0.3 is 6.18 Å². The maximum atomic E-state index is 13.2. The number of anilines is 1. The van der Waals surface area contributed by atoms with Gasteiger partial charge in [-0.1, -0.05) is 0 Å². The minimum atomic E-state index is -4.54. The van der Waals surface area contributed by atoms with E-state index in [1.807, 2.05) is 0 Å². The summed E-state index contributed by atoms with van der Waals surface area (Å²) in [5.41, 5.74) is -0.913. The van der Waals surface area contributed by atoms with E-state index in [1.54, 1.807) is 0 Å². The molecule has 21 heavy (non-hydrogen) atoms. The zero-order chi connectivity index (χ0) is 15.6. The Morgan fingerprint density at radius 1 is 1.19 bits per heavy atom. The van der Waals surface area contributed by atoms with Crippen LogP contribution in [0.5, 0.6) is 11.6 Å². The number of hydrogen-bond donors (Lipinski definition) is 1. The molecule has 1 N–H and O–H groups in total. The molecule has 0 bridgehead atoms. The number of hydrogen-bond acceptors (Lipinski definition) is 3. The van der Waals surface area contributed by atoms with Crippen molar-refractivity contribution in [1.82, 2.24) is 4.98 Å². The predicted molar refractivity (Wildman–Crippen MR) is 73.0 cm³/mol. The molecule has 0 aliphatic heterocycles. The SMILES string of the molecule is CNc1cc(C(F)(F)F)cc(Oc2cc(F)ccc2Br)n1. The van der Waals surface area contributed by atoms with Gasteiger partial charge in [-0.2, -0.15) is 18.2 Å². The van der Waals surface area contributed by atoms with Crippen LogP contribution in [0.2, 0.25) is 0 Å². The Morgan fingerprint density at radius 3 is 2.52 bits per heavy atom. The molecule has 0 saturated heterocycles. The second-order valence-electron chi connectivity index (χ2n) is 4.00. The minimum absolute atomic E-state index is 0.00708. The molecule has 8 heteroatoms. The van der Waals surface area contributed by atoms with Crippen LogP contribution in [0.3, 0.4) is 0 Å². The highest BCUT2D eigenvalue weighted by atomic mass is 79.9. The van der Waals surface area contributed by atoms with Gasteiger partial charge in [-0.3, -0.25) is 0 Å². The molecule has 0 amide bonds. The van der Waals surface area contributed by atoms with Crippen LogP contribution in [0.1, 0.15) is 5.56 Å². The van der Waals surface area contributed by atoms with Crippen molar-refractivity contribution in [3.8, 4) is 11.6 Å². The first-order chi connectivity index (χ1) is 9.79. The maximum Gasteiger partial charge on any atom is 0.416 e. The lowest BCUT2D eigenvalue weighted by Gasteiger charge is -2.12. The van der Waals surface area contributed by atoms with Crippen molar-refractivity contribution in [1.29, 1.82) is 0 Å². The third kappa shape index (κ3) is 3.84. The van der Waals surface area contributed by atoms with Crippen LogP contribution in [-0.4, -0.2) is 12.0 Å². The number of benzene rings is 1. The van der Waals surface area contributed by atoms with E-state index in [0.717, 1.165) is 18.2 Å². The first kappa shape index (κ1) is 15.6. The number of aromatic nitrogens is 1. The zero-order valence-electron chi connectivity index (χ0n) is 10.6. The molecule has 0 saturated carbocycles. The van der Waals surface area contributed by atoms with Crippen LogP contribution < -0.4 is 10.1 Å². The zero-order valence-corrected chi connectivity index (χ0v) is 12.2. The lowest BCUT2D eigenvalue weighted by Crippen LogP contribution is -2.07. The summed E-state index contributed by atoms with van der Waals surface area (Å²) in [6.07, 6.45) is -4.54. The van der Waals surface area contributed by atoms with Crippen LogP contribution in [-0.2, 0) is 6.18 Å². The van der Waals surface area contributed by atoms with Gasteiger partial charge in [-0.05, 0) is 34.1 Å². The van der Waals surface area contributed by atoms with Crippen molar-refractivity contribution in [3.63, 3.8) is 0 Å². The molecule has 0 radical (unpaired) electrons. The van der Waals surface area contributed by atoms with Crippen molar-refractivity contribution >= 4 is 21.7 Å². The Labute approximate surface area is 126 Å². The van der Waals surface area contributed by atoms with Gasteiger partial charge in [0, 0.05) is 19.2 Å². The molecule has 0 unspecified atom stereocenters. The van der Waals surface area contributed by atoms with Crippen LogP contribution in [0.15, 0.2) is 34.8 Å². The summed E-state index contributed by atoms with van der Waals surface area (Å²) in [4.78, 5) is 3.85. The molecule has 1 aromatic carbocycles. The topological polar surface area (TPSA) is 34.1 Å². The second kappa shape index (κ2) is 5.88. The Bertz CT molecular complexity index is 661. The molecular formula is C13H9BrF4N2O. The van der Waals surface area contributed by atoms with Crippen molar-refractivity contribution in [2.24, 2.45) is 0 Å². The molecule has 112 valence electrons. The van der Waals surface area contributed by atoms with Gasteiger partial charge in [0.2, 0.25) is 5.88 Å².